The summed E-state index contributed by atoms with van der Waals surface area (Å²) in [6, 6.07) is 0. The molecule has 62 valence electrons. The summed E-state index contributed by atoms with van der Waals surface area (Å²) in [5, 5.41) is 0. The van der Waals surface area contributed by atoms with Crippen molar-refractivity contribution in [3.63, 3.8) is 0 Å². The molecule has 12 heavy (non-hydrogen) atoms. The summed E-state index contributed by atoms with van der Waals surface area (Å²) in [7, 11) is 0. The van der Waals surface area contributed by atoms with Crippen molar-refractivity contribution in [2.24, 2.45) is 4.99 Å². The number of rotatable bonds is 0. The predicted octanol–water partition coefficient (Wildman–Crippen LogP) is -0.751. The molecule has 1 rings (SSSR count). The van der Waals surface area contributed by atoms with Crippen LogP contribution in [0, 0.1) is 5.92 Å². The maximum atomic E-state index is 4.16. The molecule has 0 aromatic rings. The monoisotopic (exact) mass is 174 g/mol. The van der Waals surface area contributed by atoms with Crippen LogP contribution in [-0.2, 0) is 13.5 Å². The molecule has 0 spiro atoms. The van der Waals surface area contributed by atoms with E-state index in [1.165, 1.54) is 11.5 Å². The largest absolute Gasteiger partial charge is 1.00 e. The van der Waals surface area contributed by atoms with E-state index in [0.29, 0.717) is 0 Å². The standard InChI is InChI=1S/C9H12N.Li.H2S/c1-7-4-5-10-9(3)6-8(7)2;;/h4-6H,1-3H3;;1H2/q-1;+1;/p-1. The topological polar surface area (TPSA) is 12.4 Å². The van der Waals surface area contributed by atoms with Crippen molar-refractivity contribution >= 4 is 19.2 Å². The van der Waals surface area contributed by atoms with Crippen LogP contribution >= 0.6 is 0 Å². The molecule has 0 atom stereocenters. The fraction of sp³-hybridized carbons (Fsp3) is 0.333. The minimum atomic E-state index is 0. The average Bonchev–Trinajstić information content (AvgIpc) is 1.96. The Balaban J connectivity index is 0. The molecule has 0 amide bonds. The molecule has 0 bridgehead atoms. The zero-order valence-corrected chi connectivity index (χ0v) is 9.02. The molecule has 0 aliphatic carbocycles. The minimum Gasteiger partial charge on any atom is -0.813 e. The van der Waals surface area contributed by atoms with Crippen LogP contribution in [0.3, 0.4) is 0 Å². The zero-order chi connectivity index (χ0) is 7.56. The van der Waals surface area contributed by atoms with Gasteiger partial charge in [0.15, 0.2) is 0 Å². The summed E-state index contributed by atoms with van der Waals surface area (Å²) in [4.78, 5) is 4.16. The maximum Gasteiger partial charge on any atom is 1.00 e. The molecular formula is C9H13LiNS-. The van der Waals surface area contributed by atoms with Gasteiger partial charge in [0.2, 0.25) is 0 Å². The SMILES string of the molecule is CC1=CC(C)=NC=C[C-]1C.[Li+].[SH-]. The predicted molar refractivity (Wildman–Crippen MR) is 53.7 cm³/mol. The third-order valence-electron chi connectivity index (χ3n) is 1.65. The number of allylic oxidation sites excluding steroid dienone is 3. The van der Waals surface area contributed by atoms with Gasteiger partial charge in [-0.3, -0.25) is 0 Å². The van der Waals surface area contributed by atoms with Crippen LogP contribution in [0.4, 0.5) is 0 Å². The smallest absolute Gasteiger partial charge is 0.813 e. The van der Waals surface area contributed by atoms with Gasteiger partial charge >= 0.3 is 18.9 Å². The van der Waals surface area contributed by atoms with Gasteiger partial charge in [-0.25, -0.2) is 0 Å². The quantitative estimate of drug-likeness (QED) is 0.204. The van der Waals surface area contributed by atoms with Crippen molar-refractivity contribution in [3.05, 3.63) is 29.8 Å². The van der Waals surface area contributed by atoms with E-state index in [-0.39, 0.29) is 32.4 Å². The zero-order valence-electron chi connectivity index (χ0n) is 8.13. The van der Waals surface area contributed by atoms with Gasteiger partial charge in [0.25, 0.3) is 0 Å². The molecule has 1 heterocycles. The van der Waals surface area contributed by atoms with E-state index >= 15 is 0 Å². The minimum absolute atomic E-state index is 0. The number of thiol groups is 1. The molecule has 0 fully saturated rings. The molecule has 1 aliphatic rings. The summed E-state index contributed by atoms with van der Waals surface area (Å²) < 4.78 is 0. The molecule has 0 N–H and O–H groups in total. The molecule has 0 radical (unpaired) electrons. The molecule has 0 aromatic heterocycles. The van der Waals surface area contributed by atoms with Crippen LogP contribution in [0.15, 0.2) is 28.9 Å². The molecule has 1 aliphatic heterocycles. The second kappa shape index (κ2) is 6.48. The molecule has 1 nitrogen and oxygen atoms in total. The summed E-state index contributed by atoms with van der Waals surface area (Å²) in [6.45, 7) is 6.20. The van der Waals surface area contributed by atoms with E-state index in [2.05, 4.69) is 24.9 Å². The Labute approximate surface area is 93.7 Å². The Bertz CT molecular complexity index is 219. The van der Waals surface area contributed by atoms with Crippen molar-refractivity contribution < 1.29 is 18.9 Å². The van der Waals surface area contributed by atoms with Crippen LogP contribution in [-0.4, -0.2) is 5.71 Å². The van der Waals surface area contributed by atoms with E-state index < -0.39 is 0 Å². The van der Waals surface area contributed by atoms with Crippen LogP contribution in [0.5, 0.6) is 0 Å². The summed E-state index contributed by atoms with van der Waals surface area (Å²) in [6.07, 6.45) is 5.97. The summed E-state index contributed by atoms with van der Waals surface area (Å²) in [5.41, 5.74) is 2.38. The normalized spacial score (nSPS) is 15.1. The van der Waals surface area contributed by atoms with E-state index in [1.807, 2.05) is 19.2 Å². The summed E-state index contributed by atoms with van der Waals surface area (Å²) in [5.74, 6) is 1.29. The Kier molecular flexibility index (Phi) is 7.82. The Morgan fingerprint density at radius 2 is 1.92 bits per heavy atom. The van der Waals surface area contributed by atoms with Gasteiger partial charge < -0.3 is 18.5 Å². The van der Waals surface area contributed by atoms with Crippen LogP contribution < -0.4 is 18.9 Å². The van der Waals surface area contributed by atoms with Gasteiger partial charge in [-0.2, -0.15) is 17.6 Å². The molecule has 0 aromatic carbocycles. The first-order valence-electron chi connectivity index (χ1n) is 3.43. The second-order valence-corrected chi connectivity index (χ2v) is 2.60. The fourth-order valence-electron chi connectivity index (χ4n) is 0.863. The van der Waals surface area contributed by atoms with Crippen molar-refractivity contribution in [2.45, 2.75) is 20.8 Å². The maximum absolute atomic E-state index is 4.16. The third kappa shape index (κ3) is 4.11. The first kappa shape index (κ1) is 14.5. The van der Waals surface area contributed by atoms with E-state index in [9.17, 15) is 0 Å². The average molecular weight is 174 g/mol. The molecular weight excluding hydrogens is 161 g/mol. The van der Waals surface area contributed by atoms with E-state index in [0.717, 1.165) is 5.71 Å². The van der Waals surface area contributed by atoms with Gasteiger partial charge in [-0.15, -0.1) is 6.08 Å². The Morgan fingerprint density at radius 3 is 2.50 bits per heavy atom. The van der Waals surface area contributed by atoms with Crippen molar-refractivity contribution in [3.8, 4) is 0 Å². The van der Waals surface area contributed by atoms with Crippen molar-refractivity contribution in [1.82, 2.24) is 0 Å². The first-order valence-corrected chi connectivity index (χ1v) is 3.43. The van der Waals surface area contributed by atoms with Gasteiger partial charge in [0, 0.05) is 0 Å². The van der Waals surface area contributed by atoms with E-state index in [4.69, 9.17) is 0 Å². The van der Waals surface area contributed by atoms with Gasteiger partial charge in [0.1, 0.15) is 0 Å². The fourth-order valence-corrected chi connectivity index (χ4v) is 0.863. The molecule has 0 unspecified atom stereocenters. The number of hydrogen-bond acceptors (Lipinski definition) is 2. The van der Waals surface area contributed by atoms with E-state index in [1.54, 1.807) is 0 Å². The molecule has 0 saturated carbocycles. The van der Waals surface area contributed by atoms with Gasteiger partial charge in [-0.1, -0.05) is 20.0 Å². The van der Waals surface area contributed by atoms with Crippen molar-refractivity contribution in [2.75, 3.05) is 0 Å². The molecule has 0 saturated heterocycles. The number of nitrogens with zero attached hydrogens (tertiary/aromatic N) is 1. The van der Waals surface area contributed by atoms with Crippen molar-refractivity contribution in [1.29, 1.82) is 0 Å². The summed E-state index contributed by atoms with van der Waals surface area (Å²) >= 11 is 0. The number of hydrogen-bond donors (Lipinski definition) is 0. The Hall–Kier alpha value is -0.0326. The van der Waals surface area contributed by atoms with Crippen LogP contribution in [0.2, 0.25) is 0 Å². The third-order valence-corrected chi connectivity index (χ3v) is 1.65. The Morgan fingerprint density at radius 1 is 1.33 bits per heavy atom. The molecule has 3 heteroatoms. The number of aliphatic imine (C=N–C) groups is 1. The van der Waals surface area contributed by atoms with Crippen LogP contribution in [0.25, 0.3) is 0 Å². The van der Waals surface area contributed by atoms with Crippen LogP contribution in [0.1, 0.15) is 20.8 Å². The first-order chi connectivity index (χ1) is 4.70. The van der Waals surface area contributed by atoms with Gasteiger partial charge in [-0.05, 0) is 12.6 Å². The second-order valence-electron chi connectivity index (χ2n) is 2.60. The van der Waals surface area contributed by atoms with Gasteiger partial charge in [0.05, 0.1) is 0 Å².